The van der Waals surface area contributed by atoms with Gasteiger partial charge in [0.1, 0.15) is 11.9 Å². The normalized spacial score (nSPS) is 13.9. The Labute approximate surface area is 192 Å². The minimum Gasteiger partial charge on any atom is -0.473 e. The Hall–Kier alpha value is -2.60. The molecule has 2 heterocycles. The molecule has 1 aliphatic rings. The molecule has 146 valence electrons. The van der Waals surface area contributed by atoms with Crippen LogP contribution in [-0.4, -0.2) is 21.9 Å². The second-order valence-corrected chi connectivity index (χ2v) is 6.40. The van der Waals surface area contributed by atoms with Crippen LogP contribution in [0.5, 0.6) is 0 Å². The number of pyridine rings is 2. The van der Waals surface area contributed by atoms with Gasteiger partial charge in [-0.25, -0.2) is 4.98 Å². The van der Waals surface area contributed by atoms with E-state index in [1.165, 1.54) is 54.8 Å². The number of nitriles is 1. The van der Waals surface area contributed by atoms with Crippen LogP contribution in [0, 0.1) is 11.3 Å². The van der Waals surface area contributed by atoms with Crippen molar-refractivity contribution in [3.8, 4) is 11.8 Å². The molecule has 8 nitrogen and oxygen atoms in total. The number of aromatic nitrogens is 2. The molecule has 0 aliphatic heterocycles. The molecular formula is C20H24N7NaO. The zero-order valence-corrected chi connectivity index (χ0v) is 18.8. The van der Waals surface area contributed by atoms with Crippen LogP contribution >= 0.6 is 0 Å². The summed E-state index contributed by atoms with van der Waals surface area (Å²) < 4.78 is 1.44. The van der Waals surface area contributed by atoms with Gasteiger partial charge in [0.05, 0.1) is 17.4 Å². The summed E-state index contributed by atoms with van der Waals surface area (Å²) in [5.74, 6) is 0.829. The maximum absolute atomic E-state index is 11.9. The molecule has 0 bridgehead atoms. The number of nitrogens with one attached hydrogen (secondary N) is 1. The summed E-state index contributed by atoms with van der Waals surface area (Å²) in [6.45, 7) is 1.72. The Morgan fingerprint density at radius 3 is 2.62 bits per heavy atom. The third-order valence-electron chi connectivity index (χ3n) is 4.12. The first-order chi connectivity index (χ1) is 13.5. The maximum atomic E-state index is 11.9. The van der Waals surface area contributed by atoms with Gasteiger partial charge in [-0.05, 0) is 38.0 Å². The topological polar surface area (TPSA) is 135 Å². The fourth-order valence-electron chi connectivity index (χ4n) is 2.79. The summed E-state index contributed by atoms with van der Waals surface area (Å²) in [6.07, 6.45) is 11.6. The molecule has 1 saturated carbocycles. The average molecular weight is 401 g/mol. The predicted octanol–water partition coefficient (Wildman–Crippen LogP) is -0.867. The van der Waals surface area contributed by atoms with E-state index < -0.39 is 0 Å². The van der Waals surface area contributed by atoms with Crippen LogP contribution in [-0.2, 0) is 0 Å². The second kappa shape index (κ2) is 12.8. The summed E-state index contributed by atoms with van der Waals surface area (Å²) in [6, 6.07) is 9.16. The summed E-state index contributed by atoms with van der Waals surface area (Å²) in [4.78, 5) is 19.6. The zero-order valence-electron chi connectivity index (χ0n) is 16.8. The smallest absolute Gasteiger partial charge is 0.473 e. The van der Waals surface area contributed by atoms with Gasteiger partial charge in [-0.2, -0.15) is 5.26 Å². The number of rotatable bonds is 4. The van der Waals surface area contributed by atoms with Crippen molar-refractivity contribution in [2.45, 2.75) is 38.6 Å². The van der Waals surface area contributed by atoms with E-state index >= 15 is 0 Å². The van der Waals surface area contributed by atoms with E-state index in [1.807, 2.05) is 18.2 Å². The summed E-state index contributed by atoms with van der Waals surface area (Å²) >= 11 is 0. The fraction of sp³-hybridized carbons (Fsp3) is 0.300. The van der Waals surface area contributed by atoms with Crippen molar-refractivity contribution < 1.29 is 29.6 Å². The molecule has 0 unspecified atom stereocenters. The largest absolute Gasteiger partial charge is 1.00 e. The van der Waals surface area contributed by atoms with E-state index in [0.717, 1.165) is 5.82 Å². The van der Waals surface area contributed by atoms with Crippen LogP contribution in [0.2, 0.25) is 0 Å². The van der Waals surface area contributed by atoms with Gasteiger partial charge in [-0.1, -0.05) is 24.9 Å². The third-order valence-corrected chi connectivity index (χ3v) is 4.12. The number of aliphatic imine (C=N–C) groups is 1. The number of hydrogen-bond donors (Lipinski definition) is 3. The molecule has 2 aromatic heterocycles. The van der Waals surface area contributed by atoms with Gasteiger partial charge in [0.2, 0.25) is 0 Å². The average Bonchev–Trinajstić information content (AvgIpc) is 3.21. The van der Waals surface area contributed by atoms with Gasteiger partial charge in [-0.3, -0.25) is 9.36 Å². The van der Waals surface area contributed by atoms with Crippen LogP contribution in [0.4, 0.5) is 5.82 Å². The number of anilines is 1. The molecule has 0 radical (unpaired) electrons. The molecule has 0 amide bonds. The molecule has 9 heteroatoms. The fourth-order valence-corrected chi connectivity index (χ4v) is 2.79. The van der Waals surface area contributed by atoms with E-state index in [4.69, 9.17) is 16.7 Å². The van der Waals surface area contributed by atoms with Crippen molar-refractivity contribution in [1.29, 1.82) is 5.26 Å². The van der Waals surface area contributed by atoms with Gasteiger partial charge < -0.3 is 21.8 Å². The number of nitrogens with zero attached hydrogens (tertiary/aromatic N) is 4. The van der Waals surface area contributed by atoms with Crippen molar-refractivity contribution in [2.75, 3.05) is 5.32 Å². The monoisotopic (exact) mass is 401 g/mol. The van der Waals surface area contributed by atoms with Crippen molar-refractivity contribution in [1.82, 2.24) is 9.55 Å². The van der Waals surface area contributed by atoms with Crippen molar-refractivity contribution in [3.63, 3.8) is 0 Å². The molecule has 0 spiro atoms. The van der Waals surface area contributed by atoms with Crippen LogP contribution in [0.3, 0.4) is 0 Å². The first-order valence-electron chi connectivity index (χ1n) is 8.97. The van der Waals surface area contributed by atoms with E-state index in [0.29, 0.717) is 23.0 Å². The van der Waals surface area contributed by atoms with Crippen molar-refractivity contribution >= 4 is 12.2 Å². The van der Waals surface area contributed by atoms with Crippen LogP contribution in [0.1, 0.15) is 38.2 Å². The second-order valence-electron chi connectivity index (χ2n) is 6.40. The molecule has 3 rings (SSSR count). The van der Waals surface area contributed by atoms with Gasteiger partial charge >= 0.3 is 29.6 Å². The minimum absolute atomic E-state index is 0. The molecule has 0 aromatic carbocycles. The molecule has 1 aliphatic carbocycles. The summed E-state index contributed by atoms with van der Waals surface area (Å²) in [5, 5.41) is 12.3. The van der Waals surface area contributed by atoms with E-state index in [-0.39, 0.29) is 35.1 Å². The van der Waals surface area contributed by atoms with Crippen LogP contribution < -0.4 is 51.9 Å². The standard InChI is InChI=1S/C16H16N4O.C4H8N3.Na/c17-9-12-5-8-16(21)20(11-12)14-6-7-15(18-10-14)19-13-3-1-2-4-13;1-4(6)2-7-3-5;/h5-8,10-11,13H,1-4H2,(H,18,19);2H,6H2,1H3,(H2,5,7);/q;-1;+1/b;4-2-;. The first-order valence-corrected chi connectivity index (χ1v) is 8.97. The Balaban J connectivity index is 0.000000456. The van der Waals surface area contributed by atoms with Gasteiger partial charge in [0.15, 0.2) is 0 Å². The first kappa shape index (κ1) is 24.4. The van der Waals surface area contributed by atoms with Crippen molar-refractivity contribution in [2.24, 2.45) is 16.5 Å². The minimum atomic E-state index is -0.174. The molecule has 5 N–H and O–H groups in total. The number of hydrogen-bond acceptors (Lipinski definition) is 6. The predicted molar refractivity (Wildman–Crippen MR) is 110 cm³/mol. The van der Waals surface area contributed by atoms with Crippen molar-refractivity contribution in [3.05, 3.63) is 64.5 Å². The van der Waals surface area contributed by atoms with Gasteiger partial charge in [0.25, 0.3) is 5.56 Å². The molecule has 0 saturated heterocycles. The molecule has 2 aromatic rings. The molecular weight excluding hydrogens is 377 g/mol. The Morgan fingerprint density at radius 1 is 1.38 bits per heavy atom. The molecule has 29 heavy (non-hydrogen) atoms. The Bertz CT molecular complexity index is 919. The quantitative estimate of drug-likeness (QED) is 0.200. The Kier molecular flexibility index (Phi) is 10.8. The SMILES string of the molecule is C/C(N)=C/N=[C-]N.N#Cc1ccc(=O)n(-c2ccc(NC3CCCC3)nc2)c1.[Na+]. The number of nitrogens with two attached hydrogens (primary N) is 2. The van der Waals surface area contributed by atoms with E-state index in [1.54, 1.807) is 13.1 Å². The van der Waals surface area contributed by atoms with Crippen LogP contribution in [0.15, 0.2) is 58.3 Å². The van der Waals surface area contributed by atoms with E-state index in [2.05, 4.69) is 21.6 Å². The van der Waals surface area contributed by atoms with Crippen LogP contribution in [0.25, 0.3) is 5.69 Å². The van der Waals surface area contributed by atoms with E-state index in [9.17, 15) is 4.79 Å². The Morgan fingerprint density at radius 2 is 2.10 bits per heavy atom. The van der Waals surface area contributed by atoms with Gasteiger partial charge in [-0.15, -0.1) is 6.20 Å². The van der Waals surface area contributed by atoms with Gasteiger partial charge in [0, 0.05) is 18.3 Å². The zero-order chi connectivity index (χ0) is 20.4. The maximum Gasteiger partial charge on any atom is 1.00 e. The molecule has 1 fully saturated rings. The molecule has 0 atom stereocenters. The number of allylic oxidation sites excluding steroid dienone is 1. The summed E-state index contributed by atoms with van der Waals surface area (Å²) in [5.41, 5.74) is 11.5. The summed E-state index contributed by atoms with van der Waals surface area (Å²) in [7, 11) is 0. The third kappa shape index (κ3) is 8.11.